The highest BCUT2D eigenvalue weighted by molar-refractivity contribution is 5.89. The van der Waals surface area contributed by atoms with E-state index in [2.05, 4.69) is 16.0 Å². The summed E-state index contributed by atoms with van der Waals surface area (Å²) in [5.74, 6) is -0.809. The maximum atomic E-state index is 12.8. The number of esters is 1. The molecule has 0 aromatic heterocycles. The summed E-state index contributed by atoms with van der Waals surface area (Å²) in [4.78, 5) is 37.1. The van der Waals surface area contributed by atoms with E-state index in [9.17, 15) is 19.5 Å². The third-order valence-corrected chi connectivity index (χ3v) is 4.93. The SMILES string of the molecule is COC(=O)[C@H](C[C@@H]1CCNC1O)NC(=O)[C@H](CC1CC1)NC(=O)OC(C)(C)C. The fourth-order valence-electron chi connectivity index (χ4n) is 3.29. The second-order valence-corrected chi connectivity index (χ2v) is 8.65. The summed E-state index contributed by atoms with van der Waals surface area (Å²) in [6.45, 7) is 5.89. The molecule has 1 aliphatic heterocycles. The number of carbonyl (C=O) groups is 3. The number of aliphatic hydroxyl groups is 1. The first-order valence-electron chi connectivity index (χ1n) is 9.88. The Morgan fingerprint density at radius 3 is 2.29 bits per heavy atom. The molecule has 28 heavy (non-hydrogen) atoms. The summed E-state index contributed by atoms with van der Waals surface area (Å²) in [6.07, 6.45) is 2.10. The summed E-state index contributed by atoms with van der Waals surface area (Å²) < 4.78 is 10.1. The Bertz CT molecular complexity index is 573. The van der Waals surface area contributed by atoms with Gasteiger partial charge in [0.15, 0.2) is 0 Å². The topological polar surface area (TPSA) is 126 Å². The molecule has 1 saturated heterocycles. The van der Waals surface area contributed by atoms with Crippen LogP contribution in [-0.4, -0.2) is 60.6 Å². The molecule has 4 N–H and O–H groups in total. The van der Waals surface area contributed by atoms with E-state index in [0.717, 1.165) is 12.8 Å². The lowest BCUT2D eigenvalue weighted by molar-refractivity contribution is -0.146. The number of rotatable bonds is 8. The molecule has 1 unspecified atom stereocenters. The standard InChI is InChI=1S/C19H33N3O6/c1-19(2,3)28-18(26)22-13(9-11-5-6-11)16(24)21-14(17(25)27-4)10-12-7-8-20-15(12)23/h11-15,20,23H,5-10H2,1-4H3,(H,21,24)(H,22,26)/t12-,13-,14-,15?/m0/s1. The lowest BCUT2D eigenvalue weighted by Gasteiger charge is -2.26. The third-order valence-electron chi connectivity index (χ3n) is 4.93. The van der Waals surface area contributed by atoms with Crippen LogP contribution in [0.3, 0.4) is 0 Å². The van der Waals surface area contributed by atoms with Crippen molar-refractivity contribution in [2.45, 2.75) is 76.8 Å². The minimum Gasteiger partial charge on any atom is -0.467 e. The number of alkyl carbamates (subject to hydrolysis) is 1. The molecule has 1 aliphatic carbocycles. The van der Waals surface area contributed by atoms with Crippen LogP contribution in [0, 0.1) is 11.8 Å². The predicted octanol–water partition coefficient (Wildman–Crippen LogP) is 0.656. The van der Waals surface area contributed by atoms with E-state index >= 15 is 0 Å². The van der Waals surface area contributed by atoms with Crippen molar-refractivity contribution in [1.29, 1.82) is 0 Å². The van der Waals surface area contributed by atoms with E-state index in [1.165, 1.54) is 7.11 Å². The van der Waals surface area contributed by atoms with Crippen LogP contribution in [-0.2, 0) is 19.1 Å². The van der Waals surface area contributed by atoms with Gasteiger partial charge >= 0.3 is 12.1 Å². The summed E-state index contributed by atoms with van der Waals surface area (Å²) >= 11 is 0. The predicted molar refractivity (Wildman–Crippen MR) is 101 cm³/mol. The average molecular weight is 399 g/mol. The molecule has 9 nitrogen and oxygen atoms in total. The monoisotopic (exact) mass is 399 g/mol. The van der Waals surface area contributed by atoms with E-state index in [4.69, 9.17) is 9.47 Å². The van der Waals surface area contributed by atoms with Crippen LogP contribution in [0.5, 0.6) is 0 Å². The first kappa shape index (κ1) is 22.4. The molecule has 0 spiro atoms. The molecule has 1 saturated carbocycles. The highest BCUT2D eigenvalue weighted by Crippen LogP contribution is 2.33. The Balaban J connectivity index is 2.00. The molecule has 4 atom stereocenters. The highest BCUT2D eigenvalue weighted by atomic mass is 16.6. The molecule has 1 heterocycles. The van der Waals surface area contributed by atoms with Crippen LogP contribution in [0.4, 0.5) is 4.79 Å². The minimum absolute atomic E-state index is 0.162. The smallest absolute Gasteiger partial charge is 0.408 e. The molecule has 0 aromatic rings. The molecule has 9 heteroatoms. The van der Waals surface area contributed by atoms with E-state index in [0.29, 0.717) is 25.3 Å². The molecule has 2 amide bonds. The van der Waals surface area contributed by atoms with Crippen LogP contribution in [0.25, 0.3) is 0 Å². The van der Waals surface area contributed by atoms with Crippen LogP contribution in [0.1, 0.15) is 52.9 Å². The number of nitrogens with one attached hydrogen (secondary N) is 3. The van der Waals surface area contributed by atoms with E-state index in [1.54, 1.807) is 20.8 Å². The second kappa shape index (κ2) is 9.56. The number of methoxy groups -OCH3 is 1. The zero-order valence-electron chi connectivity index (χ0n) is 17.1. The van der Waals surface area contributed by atoms with Crippen molar-refractivity contribution in [3.63, 3.8) is 0 Å². The van der Waals surface area contributed by atoms with Gasteiger partial charge in [0, 0.05) is 5.92 Å². The molecular weight excluding hydrogens is 366 g/mol. The summed E-state index contributed by atoms with van der Waals surface area (Å²) in [5.41, 5.74) is -0.676. The molecule has 0 aromatic carbocycles. The quantitative estimate of drug-likeness (QED) is 0.442. The van der Waals surface area contributed by atoms with Crippen molar-refractivity contribution >= 4 is 18.0 Å². The number of carbonyl (C=O) groups excluding carboxylic acids is 3. The maximum absolute atomic E-state index is 12.8. The zero-order valence-corrected chi connectivity index (χ0v) is 17.1. The molecule has 0 bridgehead atoms. The van der Waals surface area contributed by atoms with Gasteiger partial charge in [-0.3, -0.25) is 10.1 Å². The second-order valence-electron chi connectivity index (χ2n) is 8.65. The van der Waals surface area contributed by atoms with Gasteiger partial charge in [-0.25, -0.2) is 9.59 Å². The van der Waals surface area contributed by atoms with Crippen molar-refractivity contribution in [2.75, 3.05) is 13.7 Å². The normalized spacial score (nSPS) is 24.2. The van der Waals surface area contributed by atoms with Crippen LogP contribution in [0.15, 0.2) is 0 Å². The van der Waals surface area contributed by atoms with Gasteiger partial charge in [-0.2, -0.15) is 0 Å². The van der Waals surface area contributed by atoms with Crippen molar-refractivity contribution in [3.8, 4) is 0 Å². The van der Waals surface area contributed by atoms with Gasteiger partial charge < -0.3 is 25.2 Å². The lowest BCUT2D eigenvalue weighted by atomic mass is 9.97. The van der Waals surface area contributed by atoms with Crippen LogP contribution in [0.2, 0.25) is 0 Å². The number of hydrogen-bond donors (Lipinski definition) is 4. The highest BCUT2D eigenvalue weighted by Gasteiger charge is 2.36. The molecular formula is C19H33N3O6. The van der Waals surface area contributed by atoms with Gasteiger partial charge in [0.1, 0.15) is 23.9 Å². The number of hydrogen-bond acceptors (Lipinski definition) is 7. The Hall–Kier alpha value is -1.87. The van der Waals surface area contributed by atoms with E-state index in [1.807, 2.05) is 0 Å². The summed E-state index contributed by atoms with van der Waals surface area (Å²) in [6, 6.07) is -1.68. The summed E-state index contributed by atoms with van der Waals surface area (Å²) in [5, 5.41) is 18.2. The molecule has 0 radical (unpaired) electrons. The van der Waals surface area contributed by atoms with Gasteiger partial charge in [-0.1, -0.05) is 12.8 Å². The molecule has 160 valence electrons. The zero-order chi connectivity index (χ0) is 20.9. The van der Waals surface area contributed by atoms with Crippen LogP contribution >= 0.6 is 0 Å². The minimum atomic E-state index is -0.890. The van der Waals surface area contributed by atoms with Crippen molar-refractivity contribution in [2.24, 2.45) is 11.8 Å². The summed E-state index contributed by atoms with van der Waals surface area (Å²) in [7, 11) is 1.26. The molecule has 2 fully saturated rings. The molecule has 2 rings (SSSR count). The van der Waals surface area contributed by atoms with Crippen LogP contribution < -0.4 is 16.0 Å². The Morgan fingerprint density at radius 1 is 1.11 bits per heavy atom. The maximum Gasteiger partial charge on any atom is 0.408 e. The average Bonchev–Trinajstić information content (AvgIpc) is 3.32. The first-order chi connectivity index (χ1) is 13.1. The largest absolute Gasteiger partial charge is 0.467 e. The Labute approximate surface area is 165 Å². The third kappa shape index (κ3) is 7.27. The number of amides is 2. The fraction of sp³-hybridized carbons (Fsp3) is 0.842. The Morgan fingerprint density at radius 2 is 1.79 bits per heavy atom. The van der Waals surface area contributed by atoms with Crippen molar-refractivity contribution in [1.82, 2.24) is 16.0 Å². The van der Waals surface area contributed by atoms with Crippen molar-refractivity contribution in [3.05, 3.63) is 0 Å². The van der Waals surface area contributed by atoms with Gasteiger partial charge in [-0.15, -0.1) is 0 Å². The van der Waals surface area contributed by atoms with Gasteiger partial charge in [0.05, 0.1) is 7.11 Å². The van der Waals surface area contributed by atoms with Gasteiger partial charge in [0.2, 0.25) is 5.91 Å². The van der Waals surface area contributed by atoms with Gasteiger partial charge in [0.25, 0.3) is 0 Å². The first-order valence-corrected chi connectivity index (χ1v) is 9.88. The number of aliphatic hydroxyl groups excluding tert-OH is 1. The Kier molecular flexibility index (Phi) is 7.65. The fourth-order valence-corrected chi connectivity index (χ4v) is 3.29. The number of ether oxygens (including phenoxy) is 2. The van der Waals surface area contributed by atoms with Gasteiger partial charge in [-0.05, 0) is 52.5 Å². The van der Waals surface area contributed by atoms with E-state index in [-0.39, 0.29) is 12.3 Å². The lowest BCUT2D eigenvalue weighted by Crippen LogP contribution is -2.53. The van der Waals surface area contributed by atoms with Crippen molar-refractivity contribution < 1.29 is 29.0 Å². The molecule has 2 aliphatic rings. The van der Waals surface area contributed by atoms with E-state index < -0.39 is 41.9 Å².